The summed E-state index contributed by atoms with van der Waals surface area (Å²) in [5.41, 5.74) is 7.81. The van der Waals surface area contributed by atoms with Gasteiger partial charge >= 0.3 is 0 Å². The van der Waals surface area contributed by atoms with Gasteiger partial charge < -0.3 is 5.73 Å². The molecular formula is C12H21N. The van der Waals surface area contributed by atoms with Crippen LogP contribution >= 0.6 is 0 Å². The number of rotatable bonds is 2. The van der Waals surface area contributed by atoms with Crippen molar-refractivity contribution in [1.82, 2.24) is 0 Å². The van der Waals surface area contributed by atoms with E-state index in [1.165, 1.54) is 38.5 Å². The van der Waals surface area contributed by atoms with E-state index in [0.29, 0.717) is 6.04 Å². The van der Waals surface area contributed by atoms with Gasteiger partial charge in [0, 0.05) is 6.04 Å². The molecule has 2 aliphatic carbocycles. The first-order valence-electron chi connectivity index (χ1n) is 5.73. The molecule has 0 aromatic carbocycles. The second kappa shape index (κ2) is 3.83. The van der Waals surface area contributed by atoms with E-state index in [0.717, 1.165) is 11.8 Å². The van der Waals surface area contributed by atoms with Gasteiger partial charge in [-0.15, -0.1) is 0 Å². The molecule has 3 atom stereocenters. The lowest BCUT2D eigenvalue weighted by Crippen LogP contribution is -2.25. The quantitative estimate of drug-likeness (QED) is 0.648. The summed E-state index contributed by atoms with van der Waals surface area (Å²) in [4.78, 5) is 0. The molecular weight excluding hydrogens is 158 g/mol. The zero-order valence-electron chi connectivity index (χ0n) is 8.63. The third-order valence-corrected chi connectivity index (χ3v) is 3.64. The minimum Gasteiger partial charge on any atom is -0.324 e. The highest BCUT2D eigenvalue weighted by Crippen LogP contribution is 2.42. The maximum Gasteiger partial charge on any atom is 0.0284 e. The van der Waals surface area contributed by atoms with E-state index in [4.69, 9.17) is 5.73 Å². The van der Waals surface area contributed by atoms with Crippen molar-refractivity contribution in [1.29, 1.82) is 0 Å². The Balaban J connectivity index is 1.93. The van der Waals surface area contributed by atoms with Crippen LogP contribution in [-0.4, -0.2) is 6.04 Å². The molecule has 1 fully saturated rings. The van der Waals surface area contributed by atoms with Gasteiger partial charge in [0.25, 0.3) is 0 Å². The molecule has 0 aliphatic heterocycles. The lowest BCUT2D eigenvalue weighted by molar-refractivity contribution is 0.598. The Morgan fingerprint density at radius 2 is 2.15 bits per heavy atom. The molecule has 1 heteroatoms. The van der Waals surface area contributed by atoms with Gasteiger partial charge in [-0.3, -0.25) is 0 Å². The third kappa shape index (κ3) is 2.14. The van der Waals surface area contributed by atoms with Gasteiger partial charge in [0.05, 0.1) is 0 Å². The fourth-order valence-electron chi connectivity index (χ4n) is 2.47. The van der Waals surface area contributed by atoms with Gasteiger partial charge in [-0.2, -0.15) is 0 Å². The average Bonchev–Trinajstić information content (AvgIpc) is 2.86. The zero-order chi connectivity index (χ0) is 9.26. The molecule has 0 amide bonds. The van der Waals surface area contributed by atoms with Gasteiger partial charge in [-0.25, -0.2) is 0 Å². The summed E-state index contributed by atoms with van der Waals surface area (Å²) in [5.74, 6) is 1.70. The molecule has 0 saturated heterocycles. The number of allylic oxidation sites excluding steroid dienone is 1. The van der Waals surface area contributed by atoms with Crippen LogP contribution in [0.5, 0.6) is 0 Å². The van der Waals surface area contributed by atoms with E-state index in [1.807, 2.05) is 0 Å². The summed E-state index contributed by atoms with van der Waals surface area (Å²) in [6.07, 6.45) is 10.4. The van der Waals surface area contributed by atoms with E-state index in [1.54, 1.807) is 5.57 Å². The monoisotopic (exact) mass is 179 g/mol. The first-order valence-corrected chi connectivity index (χ1v) is 5.73. The van der Waals surface area contributed by atoms with Crippen LogP contribution in [0.15, 0.2) is 11.6 Å². The Labute approximate surface area is 81.4 Å². The van der Waals surface area contributed by atoms with Gasteiger partial charge in [0.2, 0.25) is 0 Å². The fraction of sp³-hybridized carbons (Fsp3) is 0.833. The Morgan fingerprint density at radius 3 is 2.85 bits per heavy atom. The van der Waals surface area contributed by atoms with Crippen molar-refractivity contribution in [3.63, 3.8) is 0 Å². The van der Waals surface area contributed by atoms with Crippen molar-refractivity contribution in [3.05, 3.63) is 11.6 Å². The number of hydrogen-bond donors (Lipinski definition) is 1. The van der Waals surface area contributed by atoms with E-state index in [-0.39, 0.29) is 0 Å². The minimum atomic E-state index is 0.396. The summed E-state index contributed by atoms with van der Waals surface area (Å²) < 4.78 is 0. The predicted octanol–water partition coefficient (Wildman–Crippen LogP) is 2.86. The SMILES string of the molecule is CC1CC1C(N)C1=CCCCCC1. The van der Waals surface area contributed by atoms with Crippen LogP contribution in [0.4, 0.5) is 0 Å². The summed E-state index contributed by atoms with van der Waals surface area (Å²) in [6.45, 7) is 2.32. The minimum absolute atomic E-state index is 0.396. The Kier molecular flexibility index (Phi) is 2.73. The van der Waals surface area contributed by atoms with Gasteiger partial charge in [0.15, 0.2) is 0 Å². The van der Waals surface area contributed by atoms with Crippen LogP contribution in [0.25, 0.3) is 0 Å². The van der Waals surface area contributed by atoms with Crippen molar-refractivity contribution < 1.29 is 0 Å². The first kappa shape index (κ1) is 9.26. The summed E-state index contributed by atoms with van der Waals surface area (Å²) >= 11 is 0. The third-order valence-electron chi connectivity index (χ3n) is 3.64. The molecule has 3 unspecified atom stereocenters. The molecule has 0 radical (unpaired) electrons. The average molecular weight is 179 g/mol. The maximum absolute atomic E-state index is 6.25. The standard InChI is InChI=1S/C12H21N/c1-9-8-11(9)12(13)10-6-4-2-3-5-7-10/h6,9,11-12H,2-5,7-8,13H2,1H3. The van der Waals surface area contributed by atoms with Crippen LogP contribution < -0.4 is 5.73 Å². The van der Waals surface area contributed by atoms with Crippen molar-refractivity contribution in [2.75, 3.05) is 0 Å². The molecule has 13 heavy (non-hydrogen) atoms. The first-order chi connectivity index (χ1) is 6.29. The fourth-order valence-corrected chi connectivity index (χ4v) is 2.47. The van der Waals surface area contributed by atoms with Crippen molar-refractivity contribution in [2.24, 2.45) is 17.6 Å². The Bertz CT molecular complexity index is 207. The highest BCUT2D eigenvalue weighted by Gasteiger charge is 2.38. The largest absolute Gasteiger partial charge is 0.324 e. The molecule has 1 nitrogen and oxygen atoms in total. The normalized spacial score (nSPS) is 36.3. The second-order valence-electron chi connectivity index (χ2n) is 4.78. The molecule has 0 aromatic heterocycles. The molecule has 0 spiro atoms. The molecule has 0 aromatic rings. The van der Waals surface area contributed by atoms with Gasteiger partial charge in [-0.05, 0) is 43.9 Å². The maximum atomic E-state index is 6.25. The topological polar surface area (TPSA) is 26.0 Å². The van der Waals surface area contributed by atoms with Crippen molar-refractivity contribution >= 4 is 0 Å². The van der Waals surface area contributed by atoms with E-state index in [9.17, 15) is 0 Å². The highest BCUT2D eigenvalue weighted by atomic mass is 14.7. The van der Waals surface area contributed by atoms with Crippen LogP contribution in [-0.2, 0) is 0 Å². The molecule has 0 heterocycles. The van der Waals surface area contributed by atoms with Crippen LogP contribution in [0.2, 0.25) is 0 Å². The van der Waals surface area contributed by atoms with Crippen LogP contribution in [0.3, 0.4) is 0 Å². The zero-order valence-corrected chi connectivity index (χ0v) is 8.63. The summed E-state index contributed by atoms with van der Waals surface area (Å²) in [7, 11) is 0. The van der Waals surface area contributed by atoms with E-state index < -0.39 is 0 Å². The highest BCUT2D eigenvalue weighted by molar-refractivity contribution is 5.16. The van der Waals surface area contributed by atoms with Crippen LogP contribution in [0, 0.1) is 11.8 Å². The molecule has 2 rings (SSSR count). The molecule has 1 saturated carbocycles. The Morgan fingerprint density at radius 1 is 1.38 bits per heavy atom. The summed E-state index contributed by atoms with van der Waals surface area (Å²) in [5, 5.41) is 0. The van der Waals surface area contributed by atoms with E-state index in [2.05, 4.69) is 13.0 Å². The molecule has 2 N–H and O–H groups in total. The lowest BCUT2D eigenvalue weighted by Gasteiger charge is -2.14. The second-order valence-corrected chi connectivity index (χ2v) is 4.78. The van der Waals surface area contributed by atoms with Gasteiger partial charge in [0.1, 0.15) is 0 Å². The predicted molar refractivity (Wildman–Crippen MR) is 56.4 cm³/mol. The van der Waals surface area contributed by atoms with E-state index >= 15 is 0 Å². The smallest absolute Gasteiger partial charge is 0.0284 e. The van der Waals surface area contributed by atoms with Crippen LogP contribution in [0.1, 0.15) is 45.4 Å². The number of nitrogens with two attached hydrogens (primary N) is 1. The Hall–Kier alpha value is -0.300. The van der Waals surface area contributed by atoms with Crippen molar-refractivity contribution in [3.8, 4) is 0 Å². The number of hydrogen-bond acceptors (Lipinski definition) is 1. The summed E-state index contributed by atoms with van der Waals surface area (Å²) in [6, 6.07) is 0.396. The molecule has 74 valence electrons. The molecule has 0 bridgehead atoms. The van der Waals surface area contributed by atoms with Gasteiger partial charge in [-0.1, -0.05) is 25.0 Å². The lowest BCUT2D eigenvalue weighted by atomic mass is 9.98. The molecule has 2 aliphatic rings. The van der Waals surface area contributed by atoms with Crippen molar-refractivity contribution in [2.45, 2.75) is 51.5 Å².